The first kappa shape index (κ1) is 26.3. The standard InChI is InChI=1S/C25H33N3O2.2ClH/c26-23-8-4-5-9-24(23)27-25(29)20-10-12-21(13-11-20)30-22-14-16-28(17-15-22)18-19-6-2-1-3-7-19;;/h4-5,8-13,19,22H,1-3,6-7,14-18,26H2,(H,27,29);2*1H. The van der Waals surface area contributed by atoms with Crippen LogP contribution in [0.15, 0.2) is 48.5 Å². The number of hydrogen-bond acceptors (Lipinski definition) is 4. The Labute approximate surface area is 203 Å². The van der Waals surface area contributed by atoms with Crippen molar-refractivity contribution in [1.82, 2.24) is 4.90 Å². The highest BCUT2D eigenvalue weighted by Crippen LogP contribution is 2.26. The highest BCUT2D eigenvalue weighted by molar-refractivity contribution is 6.05. The predicted molar refractivity (Wildman–Crippen MR) is 136 cm³/mol. The molecule has 0 atom stereocenters. The van der Waals surface area contributed by atoms with Crippen LogP contribution < -0.4 is 15.8 Å². The van der Waals surface area contributed by atoms with Crippen molar-refractivity contribution in [3.63, 3.8) is 0 Å². The molecule has 0 radical (unpaired) electrons. The number of likely N-dealkylation sites (tertiary alicyclic amines) is 1. The molecule has 1 amide bonds. The number of rotatable bonds is 6. The van der Waals surface area contributed by atoms with E-state index in [0.717, 1.165) is 37.6 Å². The van der Waals surface area contributed by atoms with Gasteiger partial charge in [0.25, 0.3) is 5.91 Å². The second kappa shape index (κ2) is 12.9. The molecule has 176 valence electrons. The van der Waals surface area contributed by atoms with Gasteiger partial charge in [0.1, 0.15) is 11.9 Å². The molecule has 2 aromatic carbocycles. The molecule has 1 saturated heterocycles. The van der Waals surface area contributed by atoms with E-state index in [1.54, 1.807) is 12.1 Å². The smallest absolute Gasteiger partial charge is 0.255 e. The van der Waals surface area contributed by atoms with E-state index in [9.17, 15) is 4.79 Å². The summed E-state index contributed by atoms with van der Waals surface area (Å²) in [5.41, 5.74) is 7.67. The van der Waals surface area contributed by atoms with Crippen molar-refractivity contribution in [1.29, 1.82) is 0 Å². The Morgan fingerprint density at radius 1 is 0.938 bits per heavy atom. The fraction of sp³-hybridized carbons (Fsp3) is 0.480. The fourth-order valence-corrected chi connectivity index (χ4v) is 4.63. The Bertz CT molecular complexity index is 833. The number of nitrogens with zero attached hydrogens (tertiary/aromatic N) is 1. The summed E-state index contributed by atoms with van der Waals surface area (Å²) in [6.45, 7) is 3.52. The van der Waals surface area contributed by atoms with Crippen molar-refractivity contribution in [3.8, 4) is 5.75 Å². The van der Waals surface area contributed by atoms with Crippen molar-refractivity contribution in [2.75, 3.05) is 30.7 Å². The molecule has 1 aliphatic heterocycles. The third-order valence-corrected chi connectivity index (χ3v) is 6.40. The van der Waals surface area contributed by atoms with Gasteiger partial charge in [-0.25, -0.2) is 0 Å². The second-order valence-electron chi connectivity index (χ2n) is 8.69. The maximum absolute atomic E-state index is 12.5. The number of ether oxygens (including phenoxy) is 1. The van der Waals surface area contributed by atoms with Crippen LogP contribution >= 0.6 is 24.8 Å². The molecule has 4 rings (SSSR count). The topological polar surface area (TPSA) is 67.6 Å². The van der Waals surface area contributed by atoms with Gasteiger partial charge in [0.2, 0.25) is 0 Å². The Morgan fingerprint density at radius 2 is 1.59 bits per heavy atom. The van der Waals surface area contributed by atoms with Crippen molar-refractivity contribution in [2.24, 2.45) is 5.92 Å². The van der Waals surface area contributed by atoms with Crippen molar-refractivity contribution < 1.29 is 9.53 Å². The van der Waals surface area contributed by atoms with Crippen LogP contribution in [0, 0.1) is 5.92 Å². The summed E-state index contributed by atoms with van der Waals surface area (Å²) in [4.78, 5) is 15.1. The molecule has 32 heavy (non-hydrogen) atoms. The molecular weight excluding hydrogens is 445 g/mol. The minimum Gasteiger partial charge on any atom is -0.490 e. The lowest BCUT2D eigenvalue weighted by Crippen LogP contribution is -2.40. The van der Waals surface area contributed by atoms with Crippen LogP contribution in [0.4, 0.5) is 11.4 Å². The summed E-state index contributed by atoms with van der Waals surface area (Å²) in [7, 11) is 0. The molecule has 0 unspecified atom stereocenters. The summed E-state index contributed by atoms with van der Waals surface area (Å²) in [6.07, 6.45) is 9.47. The monoisotopic (exact) mass is 479 g/mol. The summed E-state index contributed by atoms with van der Waals surface area (Å²) < 4.78 is 6.19. The highest BCUT2D eigenvalue weighted by Gasteiger charge is 2.23. The van der Waals surface area contributed by atoms with E-state index in [-0.39, 0.29) is 36.8 Å². The number of para-hydroxylation sites is 2. The third kappa shape index (κ3) is 7.29. The zero-order chi connectivity index (χ0) is 20.8. The average Bonchev–Trinajstić information content (AvgIpc) is 2.78. The van der Waals surface area contributed by atoms with Crippen LogP contribution in [0.3, 0.4) is 0 Å². The number of halogens is 2. The van der Waals surface area contributed by atoms with Gasteiger partial charge in [0.15, 0.2) is 0 Å². The number of benzene rings is 2. The number of carbonyl (C=O) groups is 1. The van der Waals surface area contributed by atoms with Crippen molar-refractivity contribution >= 4 is 42.1 Å². The molecule has 0 bridgehead atoms. The Morgan fingerprint density at radius 3 is 2.25 bits per heavy atom. The maximum Gasteiger partial charge on any atom is 0.255 e. The van der Waals surface area contributed by atoms with Crippen molar-refractivity contribution in [3.05, 3.63) is 54.1 Å². The number of hydrogen-bond donors (Lipinski definition) is 2. The van der Waals surface area contributed by atoms with Crippen LogP contribution in [0.2, 0.25) is 0 Å². The summed E-state index contributed by atoms with van der Waals surface area (Å²) in [5.74, 6) is 1.56. The number of nitrogens with two attached hydrogens (primary N) is 1. The zero-order valence-corrected chi connectivity index (χ0v) is 20.1. The lowest BCUT2D eigenvalue weighted by molar-refractivity contribution is 0.0863. The summed E-state index contributed by atoms with van der Waals surface area (Å²) in [5, 5.41) is 2.86. The Kier molecular flexibility index (Phi) is 10.6. The molecule has 0 aromatic heterocycles. The number of piperidine rings is 1. The fourth-order valence-electron chi connectivity index (χ4n) is 4.63. The van der Waals surface area contributed by atoms with Gasteiger partial charge in [-0.2, -0.15) is 0 Å². The number of anilines is 2. The number of carbonyl (C=O) groups excluding carboxylic acids is 1. The molecule has 1 saturated carbocycles. The van der Waals surface area contributed by atoms with Gasteiger partial charge >= 0.3 is 0 Å². The largest absolute Gasteiger partial charge is 0.490 e. The van der Waals surface area contributed by atoms with E-state index < -0.39 is 0 Å². The van der Waals surface area contributed by atoms with Crippen LogP contribution in [-0.2, 0) is 0 Å². The van der Waals surface area contributed by atoms with E-state index in [0.29, 0.717) is 16.9 Å². The summed E-state index contributed by atoms with van der Waals surface area (Å²) in [6, 6.07) is 14.7. The van der Waals surface area contributed by atoms with Crippen LogP contribution in [0.5, 0.6) is 5.75 Å². The highest BCUT2D eigenvalue weighted by atomic mass is 35.5. The molecule has 2 aliphatic rings. The molecule has 1 aliphatic carbocycles. The van der Waals surface area contributed by atoms with Gasteiger partial charge in [-0.1, -0.05) is 31.4 Å². The normalized spacial score (nSPS) is 17.6. The maximum atomic E-state index is 12.5. The van der Waals surface area contributed by atoms with E-state index in [1.165, 1.54) is 38.6 Å². The number of nitrogens with one attached hydrogen (secondary N) is 1. The van der Waals surface area contributed by atoms with Crippen molar-refractivity contribution in [2.45, 2.75) is 51.0 Å². The molecule has 5 nitrogen and oxygen atoms in total. The molecule has 1 heterocycles. The van der Waals surface area contributed by atoms with Crippen LogP contribution in [-0.4, -0.2) is 36.5 Å². The van der Waals surface area contributed by atoms with Gasteiger partial charge < -0.3 is 20.7 Å². The van der Waals surface area contributed by atoms with Crippen LogP contribution in [0.25, 0.3) is 0 Å². The molecule has 2 aromatic rings. The first-order valence-electron chi connectivity index (χ1n) is 11.3. The molecule has 0 spiro atoms. The minimum absolute atomic E-state index is 0. The average molecular weight is 480 g/mol. The first-order chi connectivity index (χ1) is 14.7. The minimum atomic E-state index is -0.171. The SMILES string of the molecule is Cl.Cl.Nc1ccccc1NC(=O)c1ccc(OC2CCN(CC3CCCCC3)CC2)cc1. The van der Waals surface area contributed by atoms with Gasteiger partial charge in [0, 0.05) is 25.2 Å². The molecule has 3 N–H and O–H groups in total. The second-order valence-corrected chi connectivity index (χ2v) is 8.69. The van der Waals surface area contributed by atoms with E-state index >= 15 is 0 Å². The van der Waals surface area contributed by atoms with E-state index in [4.69, 9.17) is 10.5 Å². The lowest BCUT2D eigenvalue weighted by Gasteiger charge is -2.35. The lowest BCUT2D eigenvalue weighted by atomic mass is 9.88. The van der Waals surface area contributed by atoms with Gasteiger partial charge in [-0.05, 0) is 68.0 Å². The van der Waals surface area contributed by atoms with Gasteiger partial charge in [0.05, 0.1) is 11.4 Å². The molecule has 7 heteroatoms. The summed E-state index contributed by atoms with van der Waals surface area (Å²) >= 11 is 0. The molecule has 2 fully saturated rings. The third-order valence-electron chi connectivity index (χ3n) is 6.40. The number of nitrogen functional groups attached to an aromatic ring is 1. The Hall–Kier alpha value is -1.95. The first-order valence-corrected chi connectivity index (χ1v) is 11.3. The zero-order valence-electron chi connectivity index (χ0n) is 18.5. The predicted octanol–water partition coefficient (Wildman–Crippen LogP) is 5.79. The van der Waals surface area contributed by atoms with Gasteiger partial charge in [-0.3, -0.25) is 4.79 Å². The van der Waals surface area contributed by atoms with Gasteiger partial charge in [-0.15, -0.1) is 24.8 Å². The van der Waals surface area contributed by atoms with E-state index in [1.807, 2.05) is 36.4 Å². The Balaban J connectivity index is 0.00000181. The molecular formula is C25H35Cl2N3O2. The van der Waals surface area contributed by atoms with Crippen LogP contribution in [0.1, 0.15) is 55.3 Å². The quantitative estimate of drug-likeness (QED) is 0.514. The van der Waals surface area contributed by atoms with E-state index in [2.05, 4.69) is 10.2 Å². The number of amides is 1.